The average Bonchev–Trinajstić information content (AvgIpc) is 3.69. The van der Waals surface area contributed by atoms with Gasteiger partial charge in [-0.05, 0) is 41.9 Å². The van der Waals surface area contributed by atoms with E-state index in [-0.39, 0.29) is 29.2 Å². The minimum Gasteiger partial charge on any atom is -0.494 e. The molecule has 2 aromatic heterocycles. The van der Waals surface area contributed by atoms with E-state index in [1.54, 1.807) is 30.3 Å². The van der Waals surface area contributed by atoms with Crippen molar-refractivity contribution in [2.24, 2.45) is 5.92 Å². The maximum absolute atomic E-state index is 13.1. The first-order valence-corrected chi connectivity index (χ1v) is 13.2. The minimum absolute atomic E-state index is 0.0179. The molecule has 204 valence electrons. The van der Waals surface area contributed by atoms with Crippen LogP contribution in [0.3, 0.4) is 0 Å². The molecule has 5 rings (SSSR count). The fourth-order valence-electron chi connectivity index (χ4n) is 4.01. The van der Waals surface area contributed by atoms with Crippen LogP contribution in [-0.4, -0.2) is 68.0 Å². The van der Waals surface area contributed by atoms with Crippen LogP contribution in [-0.2, 0) is 4.79 Å². The highest BCUT2D eigenvalue weighted by atomic mass is 16.5. The highest BCUT2D eigenvalue weighted by Crippen LogP contribution is 2.38. The van der Waals surface area contributed by atoms with E-state index in [1.165, 1.54) is 7.11 Å². The molecule has 0 saturated heterocycles. The Balaban J connectivity index is 1.46. The summed E-state index contributed by atoms with van der Waals surface area (Å²) in [6.07, 6.45) is 5.35. The first-order chi connectivity index (χ1) is 19.7. The second-order valence-corrected chi connectivity index (χ2v) is 10.7. The fraction of sp³-hybridized carbons (Fsp3) is 0.185. The minimum atomic E-state index is -0.503. The lowest BCUT2D eigenvalue weighted by molar-refractivity contribution is -0.117. The van der Waals surface area contributed by atoms with Gasteiger partial charge in [0.25, 0.3) is 11.8 Å². The molecule has 0 atom stereocenters. The number of hydrogen-bond donors (Lipinski definition) is 3. The van der Waals surface area contributed by atoms with Crippen LogP contribution in [0, 0.1) is 5.92 Å². The Labute approximate surface area is 239 Å². The lowest BCUT2D eigenvalue weighted by Gasteiger charge is -2.21. The van der Waals surface area contributed by atoms with Crippen molar-refractivity contribution in [3.8, 4) is 17.2 Å². The molecule has 2 aromatic carbocycles. The summed E-state index contributed by atoms with van der Waals surface area (Å²) < 4.78 is 11.3. The number of carbonyl (C=O) groups excluding carboxylic acids is 2. The van der Waals surface area contributed by atoms with Gasteiger partial charge >= 0.3 is 0 Å². The molecule has 11 nitrogen and oxygen atoms in total. The van der Waals surface area contributed by atoms with Gasteiger partial charge in [-0.2, -0.15) is 4.98 Å². The highest BCUT2D eigenvalue weighted by Gasteiger charge is 2.30. The summed E-state index contributed by atoms with van der Waals surface area (Å²) in [5.41, 5.74) is 2.46. The van der Waals surface area contributed by atoms with Crippen LogP contribution in [0.25, 0.3) is 23.6 Å². The number of benzene rings is 2. The first-order valence-electron chi connectivity index (χ1n) is 13.2. The van der Waals surface area contributed by atoms with Gasteiger partial charge in [-0.15, -0.1) is 10.2 Å². The van der Waals surface area contributed by atoms with E-state index in [1.807, 2.05) is 59.9 Å². The van der Waals surface area contributed by atoms with Gasteiger partial charge in [-0.25, -0.2) is 0 Å². The number of rotatable bonds is 10. The van der Waals surface area contributed by atoms with Crippen molar-refractivity contribution in [3.05, 3.63) is 71.7 Å². The monoisotopic (exact) mass is 547 g/mol. The van der Waals surface area contributed by atoms with Crippen LogP contribution in [0.2, 0.25) is 0 Å². The average molecular weight is 547 g/mol. The molecule has 3 N–H and O–H groups in total. The normalized spacial score (nSPS) is 13.1. The molecule has 1 saturated carbocycles. The maximum atomic E-state index is 13.1. The number of hydrogen-bond acceptors (Lipinski definition) is 9. The number of anilines is 3. The molecule has 41 heavy (non-hydrogen) atoms. The summed E-state index contributed by atoms with van der Waals surface area (Å²) in [5.74, 6) is 0.750. The van der Waals surface area contributed by atoms with Gasteiger partial charge in [0.1, 0.15) is 23.5 Å². The molecule has 0 radical (unpaired) electrons. The predicted octanol–water partition coefficient (Wildman–Crippen LogP) is 1.04. The molecule has 14 heteroatoms. The summed E-state index contributed by atoms with van der Waals surface area (Å²) >= 11 is 0. The smallest absolute Gasteiger partial charge is 0.272 e. The number of ether oxygens (including phenoxy) is 1. The summed E-state index contributed by atoms with van der Waals surface area (Å²) in [5, 5.41) is 20.7. The molecular formula is C27H28B3N7O4. The number of nitrogens with one attached hydrogen (secondary N) is 3. The van der Waals surface area contributed by atoms with Gasteiger partial charge in [-0.1, -0.05) is 47.6 Å². The summed E-state index contributed by atoms with van der Waals surface area (Å²) in [7, 11) is 7.14. The van der Waals surface area contributed by atoms with Crippen molar-refractivity contribution in [1.82, 2.24) is 25.7 Å². The van der Waals surface area contributed by atoms with Crippen molar-refractivity contribution in [1.29, 1.82) is 0 Å². The molecular weight excluding hydrogens is 519 g/mol. The summed E-state index contributed by atoms with van der Waals surface area (Å²) in [4.78, 5) is 30.0. The van der Waals surface area contributed by atoms with Crippen molar-refractivity contribution in [3.63, 3.8) is 0 Å². The Bertz CT molecular complexity index is 1600. The number of amides is 2. The van der Waals surface area contributed by atoms with Gasteiger partial charge in [0.05, 0.1) is 24.0 Å². The van der Waals surface area contributed by atoms with Crippen molar-refractivity contribution >= 4 is 64.7 Å². The molecule has 4 aromatic rings. The van der Waals surface area contributed by atoms with Crippen molar-refractivity contribution in [2.45, 2.75) is 18.1 Å². The summed E-state index contributed by atoms with van der Waals surface area (Å²) in [6.45, 7) is 0. The molecule has 0 spiro atoms. The molecule has 1 fully saturated rings. The number of aromatic nitrogens is 4. The number of nitrogens with zero attached hydrogens (tertiary/aromatic N) is 4. The molecule has 0 unspecified atom stereocenters. The van der Waals surface area contributed by atoms with Crippen LogP contribution >= 0.6 is 0 Å². The topological polar surface area (TPSA) is 144 Å². The number of para-hydroxylation sites is 1. The van der Waals surface area contributed by atoms with Gasteiger partial charge in [0.2, 0.25) is 5.91 Å². The Morgan fingerprint density at radius 2 is 1.80 bits per heavy atom. The summed E-state index contributed by atoms with van der Waals surface area (Å²) in [6, 6.07) is 16.7. The molecule has 2 heterocycles. The van der Waals surface area contributed by atoms with Gasteiger partial charge < -0.3 is 25.2 Å². The van der Waals surface area contributed by atoms with E-state index in [4.69, 9.17) is 9.26 Å². The van der Waals surface area contributed by atoms with E-state index in [9.17, 15) is 9.59 Å². The number of methoxy groups -OCH3 is 1. The van der Waals surface area contributed by atoms with E-state index in [0.29, 0.717) is 28.5 Å². The molecule has 1 aliphatic carbocycles. The lowest BCUT2D eigenvalue weighted by atomic mass is 9.49. The fourth-order valence-corrected chi connectivity index (χ4v) is 4.01. The van der Waals surface area contributed by atoms with E-state index >= 15 is 0 Å². The maximum Gasteiger partial charge on any atom is 0.272 e. The second-order valence-electron chi connectivity index (χ2n) is 10.7. The molecule has 2 amide bonds. The Morgan fingerprint density at radius 3 is 2.51 bits per heavy atom. The van der Waals surface area contributed by atoms with Crippen LogP contribution in [0.5, 0.6) is 5.75 Å². The zero-order valence-electron chi connectivity index (χ0n) is 23.3. The third kappa shape index (κ3) is 7.02. The third-order valence-electron chi connectivity index (χ3n) is 6.08. The largest absolute Gasteiger partial charge is 0.494 e. The highest BCUT2D eigenvalue weighted by molar-refractivity contribution is 6.60. The van der Waals surface area contributed by atoms with E-state index < -0.39 is 11.1 Å². The second kappa shape index (κ2) is 11.7. The molecule has 0 bridgehead atoms. The van der Waals surface area contributed by atoms with Crippen molar-refractivity contribution < 1.29 is 18.8 Å². The van der Waals surface area contributed by atoms with Gasteiger partial charge in [-0.3, -0.25) is 9.59 Å². The standard InChI is InChI=1S/C27H28B3N7O4/c1-40-23-17(26-33-20(37-41-26)13-10-15-6-3-2-4-7-15)8-5-9-18(23)31-19-14-21(32-24(38)16-11-12-16)35-36-22(19)25(39)34-27(28,29)30/h2-10,13-14,16H,11-12,28-30H2,1H3,(H,34,39)(H2,31,32,35,38)/b13-10+. The Kier molecular flexibility index (Phi) is 7.91. The predicted molar refractivity (Wildman–Crippen MR) is 164 cm³/mol. The van der Waals surface area contributed by atoms with Crippen LogP contribution in [0.4, 0.5) is 17.2 Å². The van der Waals surface area contributed by atoms with Crippen LogP contribution < -0.4 is 20.7 Å². The van der Waals surface area contributed by atoms with Crippen LogP contribution in [0.1, 0.15) is 34.7 Å². The molecule has 0 aliphatic heterocycles. The molecule has 1 aliphatic rings. The van der Waals surface area contributed by atoms with Gasteiger partial charge in [0, 0.05) is 12.0 Å². The number of carbonyl (C=O) groups is 2. The lowest BCUT2D eigenvalue weighted by Crippen LogP contribution is -2.50. The zero-order valence-corrected chi connectivity index (χ0v) is 23.3. The van der Waals surface area contributed by atoms with Gasteiger partial charge in [0.15, 0.2) is 23.1 Å². The van der Waals surface area contributed by atoms with E-state index in [2.05, 4.69) is 36.3 Å². The SMILES string of the molecule is BC(B)(B)NC(=O)c1nnc(NC(=O)C2CC2)cc1Nc1cccc(-c2nc(/C=C/c3ccccc3)no2)c1OC. The van der Waals surface area contributed by atoms with Crippen molar-refractivity contribution in [2.75, 3.05) is 17.7 Å². The Morgan fingerprint density at radius 1 is 1.02 bits per heavy atom. The first kappa shape index (κ1) is 27.7. The Hall–Kier alpha value is -4.87. The van der Waals surface area contributed by atoms with E-state index in [0.717, 1.165) is 18.4 Å². The van der Waals surface area contributed by atoms with Crippen LogP contribution in [0.15, 0.2) is 59.1 Å². The quantitative estimate of drug-likeness (QED) is 0.248. The zero-order chi connectivity index (χ0) is 29.0. The third-order valence-corrected chi connectivity index (χ3v) is 6.08.